The molecule has 0 N–H and O–H groups in total. The number of ether oxygens (including phenoxy) is 1. The van der Waals surface area contributed by atoms with Crippen LogP contribution in [-0.4, -0.2) is 43.7 Å². The number of likely N-dealkylation sites (N-methyl/N-ethyl adjacent to an activating group) is 1. The number of hydroxylamine groups is 2. The lowest BCUT2D eigenvalue weighted by molar-refractivity contribution is -0.171. The predicted octanol–water partition coefficient (Wildman–Crippen LogP) is 0.378. The van der Waals surface area contributed by atoms with E-state index in [-0.39, 0.29) is 12.0 Å². The molecular formula is C9H14N2O3. The first-order valence-corrected chi connectivity index (χ1v) is 4.32. The number of carbonyl (C=O) groups is 1. The maximum absolute atomic E-state index is 11.6. The highest BCUT2D eigenvalue weighted by Crippen LogP contribution is 2.13. The van der Waals surface area contributed by atoms with Gasteiger partial charge in [-0.1, -0.05) is 6.08 Å². The van der Waals surface area contributed by atoms with Crippen LogP contribution in [0.2, 0.25) is 0 Å². The average molecular weight is 198 g/mol. The molecule has 5 heteroatoms. The first-order chi connectivity index (χ1) is 6.70. The average Bonchev–Trinajstić information content (AvgIpc) is 2.64. The molecule has 14 heavy (non-hydrogen) atoms. The second-order valence-electron chi connectivity index (χ2n) is 2.84. The van der Waals surface area contributed by atoms with Gasteiger partial charge in [0, 0.05) is 7.05 Å². The van der Waals surface area contributed by atoms with Gasteiger partial charge < -0.3 is 4.74 Å². The normalized spacial score (nSPS) is 25.4. The lowest BCUT2D eigenvalue weighted by Crippen LogP contribution is -2.39. The van der Waals surface area contributed by atoms with E-state index in [1.807, 2.05) is 13.0 Å². The minimum absolute atomic E-state index is 0.218. The van der Waals surface area contributed by atoms with Gasteiger partial charge in [0.25, 0.3) is 5.91 Å². The molecule has 0 aliphatic carbocycles. The Kier molecular flexibility index (Phi) is 3.64. The van der Waals surface area contributed by atoms with Gasteiger partial charge in [-0.2, -0.15) is 0 Å². The molecule has 1 heterocycles. The maximum Gasteiger partial charge on any atom is 0.274 e. The van der Waals surface area contributed by atoms with Crippen LogP contribution in [0.4, 0.5) is 0 Å². The summed E-state index contributed by atoms with van der Waals surface area (Å²) in [4.78, 5) is 20.4. The number of amides is 1. The largest absolute Gasteiger partial charge is 0.473 e. The fourth-order valence-corrected chi connectivity index (χ4v) is 1.15. The Bertz CT molecular complexity index is 263. The lowest BCUT2D eigenvalue weighted by Gasteiger charge is -2.18. The van der Waals surface area contributed by atoms with Gasteiger partial charge in [0.15, 0.2) is 12.4 Å². The highest BCUT2D eigenvalue weighted by atomic mass is 16.7. The Hall–Kier alpha value is -1.36. The standard InChI is InChI=1S/C9H14N2O3/c1-4-5-7-8(10-6-14-7)9(12)11(2)13-3/h4-8H,1-3H3/b5-4+/t7-,8+/m1/s1. The Morgan fingerprint density at radius 1 is 1.71 bits per heavy atom. The molecular weight excluding hydrogens is 184 g/mol. The molecule has 0 spiro atoms. The van der Waals surface area contributed by atoms with Crippen LogP contribution in [-0.2, 0) is 14.4 Å². The van der Waals surface area contributed by atoms with Crippen molar-refractivity contribution in [1.82, 2.24) is 5.06 Å². The first-order valence-electron chi connectivity index (χ1n) is 4.32. The second kappa shape index (κ2) is 4.76. The molecule has 78 valence electrons. The van der Waals surface area contributed by atoms with Crippen molar-refractivity contribution < 1.29 is 14.4 Å². The van der Waals surface area contributed by atoms with Crippen molar-refractivity contribution in [2.75, 3.05) is 14.2 Å². The smallest absolute Gasteiger partial charge is 0.274 e. The summed E-state index contributed by atoms with van der Waals surface area (Å²) in [7, 11) is 2.98. The third kappa shape index (κ3) is 2.11. The molecule has 0 aromatic rings. The molecule has 1 aliphatic rings. The summed E-state index contributed by atoms with van der Waals surface area (Å²) in [5.41, 5.74) is 0. The molecule has 0 saturated carbocycles. The van der Waals surface area contributed by atoms with E-state index in [4.69, 9.17) is 9.57 Å². The van der Waals surface area contributed by atoms with Crippen molar-refractivity contribution in [2.45, 2.75) is 19.1 Å². The summed E-state index contributed by atoms with van der Waals surface area (Å²) in [6, 6.07) is -0.531. The summed E-state index contributed by atoms with van der Waals surface area (Å²) < 4.78 is 5.14. The number of allylic oxidation sites excluding steroid dienone is 1. The number of nitrogens with zero attached hydrogens (tertiary/aromatic N) is 2. The summed E-state index contributed by atoms with van der Waals surface area (Å²) in [6.45, 7) is 1.86. The highest BCUT2D eigenvalue weighted by molar-refractivity contribution is 5.84. The van der Waals surface area contributed by atoms with E-state index < -0.39 is 6.04 Å². The second-order valence-corrected chi connectivity index (χ2v) is 2.84. The van der Waals surface area contributed by atoms with Gasteiger partial charge in [-0.05, 0) is 13.0 Å². The van der Waals surface area contributed by atoms with Crippen LogP contribution in [0.25, 0.3) is 0 Å². The number of hydrogen-bond donors (Lipinski definition) is 0. The molecule has 0 fully saturated rings. The van der Waals surface area contributed by atoms with E-state index in [0.717, 1.165) is 5.06 Å². The molecule has 0 radical (unpaired) electrons. The van der Waals surface area contributed by atoms with Gasteiger partial charge in [0.05, 0.1) is 7.11 Å². The van der Waals surface area contributed by atoms with Crippen molar-refractivity contribution >= 4 is 12.3 Å². The Balaban J connectivity index is 2.66. The molecule has 0 aromatic carbocycles. The van der Waals surface area contributed by atoms with Crippen molar-refractivity contribution in [3.8, 4) is 0 Å². The van der Waals surface area contributed by atoms with Gasteiger partial charge >= 0.3 is 0 Å². The van der Waals surface area contributed by atoms with Crippen LogP contribution in [0, 0.1) is 0 Å². The van der Waals surface area contributed by atoms with E-state index in [9.17, 15) is 4.79 Å². The monoisotopic (exact) mass is 198 g/mol. The lowest BCUT2D eigenvalue weighted by atomic mass is 10.1. The number of aliphatic imine (C=N–C) groups is 1. The molecule has 5 nitrogen and oxygen atoms in total. The van der Waals surface area contributed by atoms with Crippen LogP contribution in [0.3, 0.4) is 0 Å². The Labute approximate surface area is 83.0 Å². The summed E-state index contributed by atoms with van der Waals surface area (Å²) in [5.74, 6) is -0.218. The summed E-state index contributed by atoms with van der Waals surface area (Å²) in [5, 5.41) is 1.15. The molecule has 1 amide bonds. The summed E-state index contributed by atoms with van der Waals surface area (Å²) in [6.07, 6.45) is 4.60. The molecule has 0 unspecified atom stereocenters. The number of hydrogen-bond acceptors (Lipinski definition) is 4. The molecule has 0 aromatic heterocycles. The molecule has 1 aliphatic heterocycles. The van der Waals surface area contributed by atoms with Crippen molar-refractivity contribution in [3.05, 3.63) is 12.2 Å². The predicted molar refractivity (Wildman–Crippen MR) is 51.7 cm³/mol. The maximum atomic E-state index is 11.6. The van der Waals surface area contributed by atoms with Crippen molar-refractivity contribution in [2.24, 2.45) is 4.99 Å². The van der Waals surface area contributed by atoms with E-state index in [2.05, 4.69) is 4.99 Å². The van der Waals surface area contributed by atoms with Gasteiger partial charge in [0.2, 0.25) is 0 Å². The van der Waals surface area contributed by atoms with Gasteiger partial charge in [0.1, 0.15) is 6.10 Å². The third-order valence-electron chi connectivity index (χ3n) is 1.97. The zero-order chi connectivity index (χ0) is 10.6. The highest BCUT2D eigenvalue weighted by Gasteiger charge is 2.32. The fraction of sp³-hybridized carbons (Fsp3) is 0.556. The minimum atomic E-state index is -0.531. The van der Waals surface area contributed by atoms with Crippen molar-refractivity contribution in [3.63, 3.8) is 0 Å². The zero-order valence-electron chi connectivity index (χ0n) is 8.51. The van der Waals surface area contributed by atoms with E-state index >= 15 is 0 Å². The van der Waals surface area contributed by atoms with E-state index in [1.165, 1.54) is 13.5 Å². The van der Waals surface area contributed by atoms with Crippen LogP contribution in [0.1, 0.15) is 6.92 Å². The first kappa shape index (κ1) is 10.7. The van der Waals surface area contributed by atoms with Crippen LogP contribution >= 0.6 is 0 Å². The number of rotatable bonds is 3. The van der Waals surface area contributed by atoms with Crippen LogP contribution in [0.15, 0.2) is 17.1 Å². The van der Waals surface area contributed by atoms with Crippen LogP contribution in [0.5, 0.6) is 0 Å². The Morgan fingerprint density at radius 3 is 3.00 bits per heavy atom. The van der Waals surface area contributed by atoms with Gasteiger partial charge in [-0.15, -0.1) is 0 Å². The van der Waals surface area contributed by atoms with Gasteiger partial charge in [-0.25, -0.2) is 10.1 Å². The third-order valence-corrected chi connectivity index (χ3v) is 1.97. The number of carbonyl (C=O) groups excluding carboxylic acids is 1. The quantitative estimate of drug-likeness (QED) is 0.486. The van der Waals surface area contributed by atoms with E-state index in [1.54, 1.807) is 13.1 Å². The van der Waals surface area contributed by atoms with Crippen LogP contribution < -0.4 is 0 Å². The fourth-order valence-electron chi connectivity index (χ4n) is 1.15. The molecule has 0 bridgehead atoms. The Morgan fingerprint density at radius 2 is 2.43 bits per heavy atom. The molecule has 2 atom stereocenters. The summed E-state index contributed by atoms with van der Waals surface area (Å²) >= 11 is 0. The molecule has 0 saturated heterocycles. The topological polar surface area (TPSA) is 51.1 Å². The minimum Gasteiger partial charge on any atom is -0.473 e. The van der Waals surface area contributed by atoms with Crippen molar-refractivity contribution in [1.29, 1.82) is 0 Å². The SMILES string of the molecule is C/C=C/[C@H]1OC=N[C@@H]1C(=O)N(C)OC. The van der Waals surface area contributed by atoms with E-state index in [0.29, 0.717) is 0 Å². The molecule has 1 rings (SSSR count). The zero-order valence-corrected chi connectivity index (χ0v) is 8.51. The van der Waals surface area contributed by atoms with Gasteiger partial charge in [-0.3, -0.25) is 9.63 Å².